The van der Waals surface area contributed by atoms with Gasteiger partial charge in [0, 0.05) is 38.1 Å². The van der Waals surface area contributed by atoms with Crippen molar-refractivity contribution in [2.75, 3.05) is 36.4 Å². The first kappa shape index (κ1) is 20.8. The third-order valence-corrected chi connectivity index (χ3v) is 7.66. The van der Waals surface area contributed by atoms with Crippen LogP contribution in [0.2, 0.25) is 0 Å². The number of nitrogens with two attached hydrogens (primary N) is 1. The summed E-state index contributed by atoms with van der Waals surface area (Å²) in [5, 5.41) is 8.79. The molecule has 1 saturated heterocycles. The van der Waals surface area contributed by atoms with E-state index in [4.69, 9.17) is 5.73 Å². The Labute approximate surface area is 189 Å². The summed E-state index contributed by atoms with van der Waals surface area (Å²) in [5.41, 5.74) is 7.94. The van der Waals surface area contributed by atoms with Crippen molar-refractivity contribution in [1.29, 1.82) is 0 Å². The van der Waals surface area contributed by atoms with Gasteiger partial charge in [0.05, 0.1) is 23.2 Å². The van der Waals surface area contributed by atoms with E-state index >= 15 is 0 Å². The lowest BCUT2D eigenvalue weighted by Gasteiger charge is -2.38. The van der Waals surface area contributed by atoms with Crippen LogP contribution in [0.15, 0.2) is 12.5 Å². The zero-order chi connectivity index (χ0) is 22.4. The van der Waals surface area contributed by atoms with Crippen molar-refractivity contribution in [1.82, 2.24) is 24.6 Å². The van der Waals surface area contributed by atoms with Gasteiger partial charge in [-0.25, -0.2) is 9.97 Å². The number of thiophene rings is 1. The molecule has 0 spiro atoms. The standard InChI is InChI=1S/C21H26N8O2S/c1-12(20(31)26-21-16(17(22)30)13-4-3-5-15(13)32-21)28-6-8-29(9-7-28)19-14-10-25-27(2)18(14)23-11-24-19/h10-12H,3-9H2,1-2H3,(H2,22,30)(H,26,31). The topological polar surface area (TPSA) is 122 Å². The van der Waals surface area contributed by atoms with Gasteiger partial charge < -0.3 is 16.0 Å². The fourth-order valence-corrected chi connectivity index (χ4v) is 5.96. The summed E-state index contributed by atoms with van der Waals surface area (Å²) in [5.74, 6) is 0.296. The molecular weight excluding hydrogens is 428 g/mol. The van der Waals surface area contributed by atoms with Crippen LogP contribution in [-0.2, 0) is 24.7 Å². The Morgan fingerprint density at radius 2 is 1.97 bits per heavy atom. The maximum absolute atomic E-state index is 13.0. The number of piperazine rings is 1. The normalized spacial score (nSPS) is 17.5. The Kier molecular flexibility index (Phi) is 5.30. The Morgan fingerprint density at radius 3 is 2.72 bits per heavy atom. The third kappa shape index (κ3) is 3.51. The molecule has 1 aliphatic carbocycles. The second-order valence-corrected chi connectivity index (χ2v) is 9.42. The fraction of sp³-hybridized carbons (Fsp3) is 0.476. The van der Waals surface area contributed by atoms with Crippen LogP contribution in [0.25, 0.3) is 11.0 Å². The van der Waals surface area contributed by atoms with Crippen LogP contribution in [0.5, 0.6) is 0 Å². The first-order valence-corrected chi connectivity index (χ1v) is 11.6. The van der Waals surface area contributed by atoms with Crippen LogP contribution >= 0.6 is 11.3 Å². The lowest BCUT2D eigenvalue weighted by molar-refractivity contribution is -0.120. The Bertz CT molecular complexity index is 1190. The first-order valence-electron chi connectivity index (χ1n) is 10.8. The molecule has 11 heteroatoms. The maximum atomic E-state index is 13.0. The molecule has 5 rings (SSSR count). The van der Waals surface area contributed by atoms with Crippen LogP contribution in [0.3, 0.4) is 0 Å². The summed E-state index contributed by atoms with van der Waals surface area (Å²) in [6, 6.07) is -0.321. The second-order valence-electron chi connectivity index (χ2n) is 8.32. The van der Waals surface area contributed by atoms with Crippen LogP contribution in [0.4, 0.5) is 10.8 Å². The van der Waals surface area contributed by atoms with Gasteiger partial charge in [-0.15, -0.1) is 11.3 Å². The number of carbonyl (C=O) groups is 2. The van der Waals surface area contributed by atoms with Crippen molar-refractivity contribution in [3.63, 3.8) is 0 Å². The molecule has 2 aliphatic rings. The van der Waals surface area contributed by atoms with Gasteiger partial charge in [0.15, 0.2) is 5.65 Å². The van der Waals surface area contributed by atoms with Gasteiger partial charge in [-0.3, -0.25) is 19.2 Å². The molecule has 168 valence electrons. The molecule has 10 nitrogen and oxygen atoms in total. The molecule has 1 fully saturated rings. The third-order valence-electron chi connectivity index (χ3n) is 6.45. The van der Waals surface area contributed by atoms with E-state index < -0.39 is 5.91 Å². The molecule has 0 saturated carbocycles. The van der Waals surface area contributed by atoms with E-state index in [0.717, 1.165) is 67.9 Å². The maximum Gasteiger partial charge on any atom is 0.251 e. The molecule has 32 heavy (non-hydrogen) atoms. The molecule has 2 amide bonds. The van der Waals surface area contributed by atoms with Crippen LogP contribution in [0, 0.1) is 0 Å². The molecule has 0 aromatic carbocycles. The van der Waals surface area contributed by atoms with Gasteiger partial charge >= 0.3 is 0 Å². The summed E-state index contributed by atoms with van der Waals surface area (Å²) < 4.78 is 1.74. The van der Waals surface area contributed by atoms with Crippen LogP contribution < -0.4 is 16.0 Å². The minimum atomic E-state index is -0.465. The number of rotatable bonds is 5. The monoisotopic (exact) mass is 454 g/mol. The Morgan fingerprint density at radius 1 is 1.19 bits per heavy atom. The highest BCUT2D eigenvalue weighted by atomic mass is 32.1. The number of hydrogen-bond acceptors (Lipinski definition) is 8. The number of fused-ring (bicyclic) bond motifs is 2. The highest BCUT2D eigenvalue weighted by Crippen LogP contribution is 2.39. The van der Waals surface area contributed by atoms with Crippen molar-refractivity contribution in [2.24, 2.45) is 12.8 Å². The van der Waals surface area contributed by atoms with Gasteiger partial charge in [-0.2, -0.15) is 5.10 Å². The van der Waals surface area contributed by atoms with Gasteiger partial charge in [0.2, 0.25) is 5.91 Å². The highest BCUT2D eigenvalue weighted by Gasteiger charge is 2.30. The average Bonchev–Trinajstić information content (AvgIpc) is 3.48. The summed E-state index contributed by atoms with van der Waals surface area (Å²) in [4.78, 5) is 39.3. The Hall–Kier alpha value is -3.05. The largest absolute Gasteiger partial charge is 0.365 e. The first-order chi connectivity index (χ1) is 15.4. The molecule has 1 unspecified atom stereocenters. The van der Waals surface area contributed by atoms with Gasteiger partial charge in [0.25, 0.3) is 5.91 Å². The number of aryl methyl sites for hydroxylation is 2. The highest BCUT2D eigenvalue weighted by molar-refractivity contribution is 7.17. The van der Waals surface area contributed by atoms with Crippen molar-refractivity contribution >= 4 is 45.0 Å². The smallest absolute Gasteiger partial charge is 0.251 e. The van der Waals surface area contributed by atoms with Crippen LogP contribution in [0.1, 0.15) is 34.1 Å². The average molecular weight is 455 g/mol. The predicted molar refractivity (Wildman–Crippen MR) is 123 cm³/mol. The number of anilines is 2. The Balaban J connectivity index is 1.25. The zero-order valence-electron chi connectivity index (χ0n) is 18.2. The second kappa shape index (κ2) is 8.14. The number of hydrogen-bond donors (Lipinski definition) is 2. The predicted octanol–water partition coefficient (Wildman–Crippen LogP) is 1.16. The van der Waals surface area contributed by atoms with E-state index in [2.05, 4.69) is 30.2 Å². The molecule has 0 bridgehead atoms. The number of aromatic nitrogens is 4. The molecule has 0 radical (unpaired) electrons. The molecular formula is C21H26N8O2S. The lowest BCUT2D eigenvalue weighted by Crippen LogP contribution is -2.53. The molecule has 1 aliphatic heterocycles. The van der Waals surface area contributed by atoms with E-state index in [9.17, 15) is 9.59 Å². The van der Waals surface area contributed by atoms with E-state index in [1.54, 1.807) is 17.2 Å². The fourth-order valence-electron chi connectivity index (χ4n) is 4.66. The van der Waals surface area contributed by atoms with Crippen molar-refractivity contribution in [3.8, 4) is 0 Å². The molecule has 3 aromatic rings. The van der Waals surface area contributed by atoms with E-state index in [0.29, 0.717) is 10.6 Å². The van der Waals surface area contributed by atoms with E-state index in [-0.39, 0.29) is 11.9 Å². The zero-order valence-corrected chi connectivity index (χ0v) is 19.0. The van der Waals surface area contributed by atoms with E-state index in [1.807, 2.05) is 14.0 Å². The van der Waals surface area contributed by atoms with Gasteiger partial charge in [0.1, 0.15) is 17.1 Å². The van der Waals surface area contributed by atoms with Gasteiger partial charge in [-0.05, 0) is 31.7 Å². The summed E-state index contributed by atoms with van der Waals surface area (Å²) in [6.07, 6.45) is 6.19. The number of nitrogens with zero attached hydrogens (tertiary/aromatic N) is 6. The summed E-state index contributed by atoms with van der Waals surface area (Å²) >= 11 is 1.49. The lowest BCUT2D eigenvalue weighted by atomic mass is 10.1. The van der Waals surface area contributed by atoms with Gasteiger partial charge in [-0.1, -0.05) is 0 Å². The van der Waals surface area contributed by atoms with Crippen molar-refractivity contribution in [2.45, 2.75) is 32.2 Å². The minimum absolute atomic E-state index is 0.113. The number of amides is 2. The minimum Gasteiger partial charge on any atom is -0.365 e. The number of primary amides is 1. The quantitative estimate of drug-likeness (QED) is 0.593. The van der Waals surface area contributed by atoms with Crippen molar-refractivity contribution in [3.05, 3.63) is 28.5 Å². The summed E-state index contributed by atoms with van der Waals surface area (Å²) in [7, 11) is 1.86. The molecule has 1 atom stereocenters. The molecule has 4 heterocycles. The molecule has 3 N–H and O–H groups in total. The van der Waals surface area contributed by atoms with Crippen molar-refractivity contribution < 1.29 is 9.59 Å². The number of carbonyl (C=O) groups excluding carboxylic acids is 2. The van der Waals surface area contributed by atoms with E-state index in [1.165, 1.54) is 16.2 Å². The summed E-state index contributed by atoms with van der Waals surface area (Å²) in [6.45, 7) is 4.85. The SMILES string of the molecule is CC(C(=O)Nc1sc2c(c1C(N)=O)CCC2)N1CCN(c2ncnc3c2cnn3C)CC1. The van der Waals surface area contributed by atoms with Crippen LogP contribution in [-0.4, -0.2) is 68.7 Å². The molecule has 3 aromatic heterocycles. The number of nitrogens with one attached hydrogen (secondary N) is 1.